The third-order valence-electron chi connectivity index (χ3n) is 4.23. The van der Waals surface area contributed by atoms with E-state index in [0.29, 0.717) is 6.61 Å². The molecule has 0 amide bonds. The lowest BCUT2D eigenvalue weighted by Crippen LogP contribution is -2.28. The zero-order valence-corrected chi connectivity index (χ0v) is 12.6. The second-order valence-electron chi connectivity index (χ2n) is 6.92. The van der Waals surface area contributed by atoms with Crippen molar-refractivity contribution in [3.8, 4) is 11.5 Å². The number of piperidine rings is 1. The highest BCUT2D eigenvalue weighted by Crippen LogP contribution is 2.35. The van der Waals surface area contributed by atoms with E-state index in [1.165, 1.54) is 18.4 Å². The number of nitrogens with one attached hydrogen (secondary N) is 1. The Morgan fingerprint density at radius 1 is 1.10 bits per heavy atom. The van der Waals surface area contributed by atoms with Gasteiger partial charge in [-0.2, -0.15) is 0 Å². The average Bonchev–Trinajstić information content (AvgIpc) is 2.59. The Balaban J connectivity index is 1.71. The fourth-order valence-corrected chi connectivity index (χ4v) is 2.92. The van der Waals surface area contributed by atoms with Crippen molar-refractivity contribution in [3.63, 3.8) is 0 Å². The molecular formula is C17H25NO2. The molecule has 3 rings (SSSR count). The molecule has 1 aromatic carbocycles. The van der Waals surface area contributed by atoms with Gasteiger partial charge < -0.3 is 14.8 Å². The molecule has 0 aliphatic carbocycles. The lowest BCUT2D eigenvalue weighted by atomic mass is 9.91. The predicted molar refractivity (Wildman–Crippen MR) is 80.5 cm³/mol. The van der Waals surface area contributed by atoms with E-state index in [2.05, 4.69) is 37.4 Å². The van der Waals surface area contributed by atoms with Gasteiger partial charge in [-0.25, -0.2) is 0 Å². The number of hydrogen-bond acceptors (Lipinski definition) is 3. The maximum atomic E-state index is 5.96. The van der Waals surface area contributed by atoms with Crippen LogP contribution in [0.5, 0.6) is 11.5 Å². The predicted octanol–water partition coefficient (Wildman–Crippen LogP) is 3.03. The average molecular weight is 275 g/mol. The summed E-state index contributed by atoms with van der Waals surface area (Å²) in [6.45, 7) is 8.10. The zero-order chi connectivity index (χ0) is 14.0. The van der Waals surface area contributed by atoms with Crippen molar-refractivity contribution >= 4 is 0 Å². The lowest BCUT2D eigenvalue weighted by molar-refractivity contribution is 0.140. The summed E-state index contributed by atoms with van der Waals surface area (Å²) >= 11 is 0. The van der Waals surface area contributed by atoms with Crippen LogP contribution in [0.1, 0.15) is 32.3 Å². The van der Waals surface area contributed by atoms with E-state index in [4.69, 9.17) is 9.47 Å². The van der Waals surface area contributed by atoms with Gasteiger partial charge in [0.2, 0.25) is 0 Å². The maximum Gasteiger partial charge on any atom is 0.161 e. The topological polar surface area (TPSA) is 30.5 Å². The molecule has 0 radical (unpaired) electrons. The van der Waals surface area contributed by atoms with Crippen molar-refractivity contribution in [3.05, 3.63) is 23.8 Å². The Morgan fingerprint density at radius 2 is 1.80 bits per heavy atom. The second kappa shape index (κ2) is 5.65. The summed E-state index contributed by atoms with van der Waals surface area (Å²) in [5, 5.41) is 3.42. The third kappa shape index (κ3) is 3.26. The third-order valence-corrected chi connectivity index (χ3v) is 4.23. The van der Waals surface area contributed by atoms with Crippen LogP contribution in [-0.2, 0) is 6.42 Å². The minimum Gasteiger partial charge on any atom is -0.489 e. The summed E-state index contributed by atoms with van der Waals surface area (Å²) in [4.78, 5) is 0. The van der Waals surface area contributed by atoms with Crippen LogP contribution in [0.25, 0.3) is 0 Å². The molecule has 0 aromatic heterocycles. The second-order valence-corrected chi connectivity index (χ2v) is 6.92. The van der Waals surface area contributed by atoms with Gasteiger partial charge in [0.15, 0.2) is 11.5 Å². The highest BCUT2D eigenvalue weighted by Gasteiger charge is 2.25. The van der Waals surface area contributed by atoms with Gasteiger partial charge in [-0.1, -0.05) is 19.9 Å². The molecule has 0 saturated carbocycles. The molecule has 110 valence electrons. The van der Waals surface area contributed by atoms with Crippen molar-refractivity contribution in [1.29, 1.82) is 0 Å². The van der Waals surface area contributed by atoms with E-state index in [1.54, 1.807) is 0 Å². The molecule has 1 saturated heterocycles. The van der Waals surface area contributed by atoms with Crippen LogP contribution in [0.4, 0.5) is 0 Å². The van der Waals surface area contributed by atoms with E-state index >= 15 is 0 Å². The molecule has 2 aliphatic heterocycles. The minimum absolute atomic E-state index is 0.0776. The molecule has 2 heterocycles. The van der Waals surface area contributed by atoms with Crippen molar-refractivity contribution in [1.82, 2.24) is 5.32 Å². The van der Waals surface area contributed by atoms with Gasteiger partial charge in [-0.05, 0) is 56.0 Å². The SMILES string of the molecule is CC1(C)COc2ccc(CC3CCNCC3)cc2OC1. The Kier molecular flexibility index (Phi) is 3.88. The Morgan fingerprint density at radius 3 is 2.55 bits per heavy atom. The molecular weight excluding hydrogens is 250 g/mol. The summed E-state index contributed by atoms with van der Waals surface area (Å²) < 4.78 is 11.8. The molecule has 1 fully saturated rings. The van der Waals surface area contributed by atoms with Gasteiger partial charge in [-0.3, -0.25) is 0 Å². The van der Waals surface area contributed by atoms with Crippen LogP contribution in [0.3, 0.4) is 0 Å². The first-order valence-corrected chi connectivity index (χ1v) is 7.72. The first-order valence-electron chi connectivity index (χ1n) is 7.72. The van der Waals surface area contributed by atoms with Crippen molar-refractivity contribution in [2.75, 3.05) is 26.3 Å². The summed E-state index contributed by atoms with van der Waals surface area (Å²) in [7, 11) is 0. The van der Waals surface area contributed by atoms with Crippen molar-refractivity contribution in [2.24, 2.45) is 11.3 Å². The highest BCUT2D eigenvalue weighted by atomic mass is 16.5. The van der Waals surface area contributed by atoms with Gasteiger partial charge in [0, 0.05) is 5.41 Å². The fraction of sp³-hybridized carbons (Fsp3) is 0.647. The maximum absolute atomic E-state index is 5.96. The lowest BCUT2D eigenvalue weighted by Gasteiger charge is -2.22. The van der Waals surface area contributed by atoms with Crippen LogP contribution in [0.15, 0.2) is 18.2 Å². The van der Waals surface area contributed by atoms with Crippen LogP contribution < -0.4 is 14.8 Å². The standard InChI is InChI=1S/C17H25NO2/c1-17(2)11-19-15-4-3-14(10-16(15)20-12-17)9-13-5-7-18-8-6-13/h3-4,10,13,18H,5-9,11-12H2,1-2H3. The van der Waals surface area contributed by atoms with Crippen molar-refractivity contribution < 1.29 is 9.47 Å². The smallest absolute Gasteiger partial charge is 0.161 e. The monoisotopic (exact) mass is 275 g/mol. The van der Waals surface area contributed by atoms with E-state index in [-0.39, 0.29) is 5.41 Å². The molecule has 2 aliphatic rings. The zero-order valence-electron chi connectivity index (χ0n) is 12.6. The van der Waals surface area contributed by atoms with Gasteiger partial charge >= 0.3 is 0 Å². The molecule has 1 aromatic rings. The number of fused-ring (bicyclic) bond motifs is 1. The van der Waals surface area contributed by atoms with Crippen LogP contribution in [0.2, 0.25) is 0 Å². The molecule has 0 bridgehead atoms. The number of rotatable bonds is 2. The van der Waals surface area contributed by atoms with Crippen LogP contribution in [-0.4, -0.2) is 26.3 Å². The molecule has 3 nitrogen and oxygen atoms in total. The Labute approximate surface area is 121 Å². The fourth-order valence-electron chi connectivity index (χ4n) is 2.92. The van der Waals surface area contributed by atoms with Gasteiger partial charge in [0.1, 0.15) is 0 Å². The quantitative estimate of drug-likeness (QED) is 0.900. The summed E-state index contributed by atoms with van der Waals surface area (Å²) in [5.41, 5.74) is 1.45. The highest BCUT2D eigenvalue weighted by molar-refractivity contribution is 5.43. The summed E-state index contributed by atoms with van der Waals surface area (Å²) in [6, 6.07) is 6.45. The van der Waals surface area contributed by atoms with Crippen LogP contribution >= 0.6 is 0 Å². The van der Waals surface area contributed by atoms with Gasteiger partial charge in [0.25, 0.3) is 0 Å². The first-order chi connectivity index (χ1) is 9.62. The van der Waals surface area contributed by atoms with Crippen molar-refractivity contribution in [2.45, 2.75) is 33.1 Å². The Hall–Kier alpha value is -1.22. The van der Waals surface area contributed by atoms with Gasteiger partial charge in [-0.15, -0.1) is 0 Å². The number of benzene rings is 1. The van der Waals surface area contributed by atoms with E-state index in [0.717, 1.165) is 43.5 Å². The first kappa shape index (κ1) is 13.7. The van der Waals surface area contributed by atoms with Crippen LogP contribution in [0, 0.1) is 11.3 Å². The summed E-state index contributed by atoms with van der Waals surface area (Å²) in [5.74, 6) is 2.61. The Bertz CT molecular complexity index is 464. The molecule has 20 heavy (non-hydrogen) atoms. The van der Waals surface area contributed by atoms with E-state index in [1.807, 2.05) is 0 Å². The molecule has 0 atom stereocenters. The molecule has 0 spiro atoms. The molecule has 1 N–H and O–H groups in total. The normalized spacial score (nSPS) is 22.3. The van der Waals surface area contributed by atoms with Gasteiger partial charge in [0.05, 0.1) is 13.2 Å². The number of ether oxygens (including phenoxy) is 2. The molecule has 3 heteroatoms. The van der Waals surface area contributed by atoms with E-state index < -0.39 is 0 Å². The van der Waals surface area contributed by atoms with E-state index in [9.17, 15) is 0 Å². The number of hydrogen-bond donors (Lipinski definition) is 1. The minimum atomic E-state index is 0.0776. The largest absolute Gasteiger partial charge is 0.489 e. The summed E-state index contributed by atoms with van der Waals surface area (Å²) in [6.07, 6.45) is 3.71. The molecule has 0 unspecified atom stereocenters.